The zero-order valence-electron chi connectivity index (χ0n) is 8.06. The Morgan fingerprint density at radius 3 is 3.14 bits per heavy atom. The second-order valence-electron chi connectivity index (χ2n) is 3.68. The molecule has 1 fully saturated rings. The molecule has 1 aromatic heterocycles. The van der Waals surface area contributed by atoms with Crippen molar-refractivity contribution in [3.63, 3.8) is 0 Å². The molecule has 76 valence electrons. The molecular weight excluding hydrogens is 178 g/mol. The summed E-state index contributed by atoms with van der Waals surface area (Å²) in [5, 5.41) is 9.59. The van der Waals surface area contributed by atoms with Crippen LogP contribution >= 0.6 is 0 Å². The number of hydrogen-bond acceptors (Lipinski definition) is 4. The van der Waals surface area contributed by atoms with Crippen molar-refractivity contribution in [2.75, 3.05) is 24.5 Å². The number of anilines is 1. The van der Waals surface area contributed by atoms with Crippen LogP contribution < -0.4 is 10.6 Å². The van der Waals surface area contributed by atoms with Crippen molar-refractivity contribution in [1.82, 2.24) is 4.98 Å². The number of aromatic nitrogens is 1. The second-order valence-corrected chi connectivity index (χ2v) is 3.68. The number of nitrogens with zero attached hydrogens (tertiary/aromatic N) is 2. The van der Waals surface area contributed by atoms with Crippen molar-refractivity contribution in [3.05, 3.63) is 18.3 Å². The first-order valence-corrected chi connectivity index (χ1v) is 4.90. The van der Waals surface area contributed by atoms with Gasteiger partial charge in [-0.3, -0.25) is 0 Å². The maximum atomic E-state index is 9.59. The fraction of sp³-hybridized carbons (Fsp3) is 0.500. The zero-order chi connectivity index (χ0) is 9.97. The third-order valence-corrected chi connectivity index (χ3v) is 2.68. The molecule has 1 aliphatic rings. The number of nitrogens with two attached hydrogens (primary N) is 1. The van der Waals surface area contributed by atoms with Crippen molar-refractivity contribution in [3.8, 4) is 5.75 Å². The summed E-state index contributed by atoms with van der Waals surface area (Å²) in [6.07, 6.45) is 2.79. The molecule has 0 aliphatic carbocycles. The van der Waals surface area contributed by atoms with E-state index in [0.29, 0.717) is 18.3 Å². The Balaban J connectivity index is 2.13. The number of pyridine rings is 1. The number of rotatable bonds is 2. The van der Waals surface area contributed by atoms with E-state index < -0.39 is 0 Å². The van der Waals surface area contributed by atoms with Gasteiger partial charge in [0.15, 0.2) is 11.6 Å². The van der Waals surface area contributed by atoms with Crippen LogP contribution in [0, 0.1) is 5.92 Å². The first kappa shape index (κ1) is 9.27. The standard InChI is InChI=1S/C10H15N3O/c11-6-8-3-5-13(7-8)10-9(14)2-1-4-12-10/h1-2,4,8,14H,3,5-7,11H2/t8-/m0/s1. The van der Waals surface area contributed by atoms with Gasteiger partial charge in [0.1, 0.15) is 0 Å². The van der Waals surface area contributed by atoms with Gasteiger partial charge in [0.25, 0.3) is 0 Å². The molecule has 3 N–H and O–H groups in total. The SMILES string of the molecule is NC[C@@H]1CCN(c2ncccc2O)C1. The van der Waals surface area contributed by atoms with Gasteiger partial charge in [0.05, 0.1) is 0 Å². The lowest BCUT2D eigenvalue weighted by molar-refractivity contribution is 0.472. The Bertz CT molecular complexity index is 316. The van der Waals surface area contributed by atoms with E-state index in [9.17, 15) is 5.11 Å². The fourth-order valence-electron chi connectivity index (χ4n) is 1.85. The molecule has 4 nitrogen and oxygen atoms in total. The van der Waals surface area contributed by atoms with E-state index in [2.05, 4.69) is 9.88 Å². The minimum Gasteiger partial charge on any atom is -0.504 e. The highest BCUT2D eigenvalue weighted by Gasteiger charge is 2.23. The van der Waals surface area contributed by atoms with Gasteiger partial charge in [-0.1, -0.05) is 0 Å². The van der Waals surface area contributed by atoms with E-state index in [-0.39, 0.29) is 5.75 Å². The molecule has 1 aromatic rings. The van der Waals surface area contributed by atoms with Gasteiger partial charge in [-0.2, -0.15) is 0 Å². The Morgan fingerprint density at radius 2 is 2.50 bits per heavy atom. The van der Waals surface area contributed by atoms with E-state index in [1.165, 1.54) is 0 Å². The molecule has 0 unspecified atom stereocenters. The van der Waals surface area contributed by atoms with Crippen LogP contribution in [0.15, 0.2) is 18.3 Å². The molecular formula is C10H15N3O. The Labute approximate surface area is 83.4 Å². The van der Waals surface area contributed by atoms with Gasteiger partial charge in [0.2, 0.25) is 0 Å². The summed E-state index contributed by atoms with van der Waals surface area (Å²) < 4.78 is 0. The van der Waals surface area contributed by atoms with Crippen LogP contribution in [0.1, 0.15) is 6.42 Å². The lowest BCUT2D eigenvalue weighted by atomic mass is 10.1. The smallest absolute Gasteiger partial charge is 0.171 e. The zero-order valence-corrected chi connectivity index (χ0v) is 8.06. The minimum atomic E-state index is 0.255. The van der Waals surface area contributed by atoms with Crippen LogP contribution in [0.25, 0.3) is 0 Å². The van der Waals surface area contributed by atoms with Crippen molar-refractivity contribution >= 4 is 5.82 Å². The lowest BCUT2D eigenvalue weighted by Crippen LogP contribution is -2.23. The summed E-state index contributed by atoms with van der Waals surface area (Å²) in [4.78, 5) is 6.25. The summed E-state index contributed by atoms with van der Waals surface area (Å²) >= 11 is 0. The van der Waals surface area contributed by atoms with Crippen molar-refractivity contribution < 1.29 is 5.11 Å². The molecule has 2 rings (SSSR count). The summed E-state index contributed by atoms with van der Waals surface area (Å²) in [5.74, 6) is 1.48. The van der Waals surface area contributed by atoms with E-state index >= 15 is 0 Å². The molecule has 2 heterocycles. The first-order chi connectivity index (χ1) is 6.81. The summed E-state index contributed by atoms with van der Waals surface area (Å²) in [5.41, 5.74) is 5.60. The highest BCUT2D eigenvalue weighted by Crippen LogP contribution is 2.28. The maximum Gasteiger partial charge on any atom is 0.171 e. The molecule has 0 saturated carbocycles. The van der Waals surface area contributed by atoms with Crippen LogP contribution in [0.2, 0.25) is 0 Å². The molecule has 0 bridgehead atoms. The molecule has 0 aromatic carbocycles. The largest absolute Gasteiger partial charge is 0.504 e. The van der Waals surface area contributed by atoms with Gasteiger partial charge >= 0.3 is 0 Å². The van der Waals surface area contributed by atoms with Crippen LogP contribution in [-0.2, 0) is 0 Å². The summed E-state index contributed by atoms with van der Waals surface area (Å²) in [6.45, 7) is 2.55. The third kappa shape index (κ3) is 1.65. The predicted molar refractivity (Wildman–Crippen MR) is 55.3 cm³/mol. The summed E-state index contributed by atoms with van der Waals surface area (Å²) in [7, 11) is 0. The predicted octanol–water partition coefficient (Wildman–Crippen LogP) is 0.572. The highest BCUT2D eigenvalue weighted by molar-refractivity contribution is 5.51. The number of aromatic hydroxyl groups is 1. The molecule has 1 aliphatic heterocycles. The topological polar surface area (TPSA) is 62.4 Å². The first-order valence-electron chi connectivity index (χ1n) is 4.90. The highest BCUT2D eigenvalue weighted by atomic mass is 16.3. The minimum absolute atomic E-state index is 0.255. The molecule has 0 spiro atoms. The van der Waals surface area contributed by atoms with Gasteiger partial charge in [-0.25, -0.2) is 4.98 Å². The van der Waals surface area contributed by atoms with Gasteiger partial charge < -0.3 is 15.7 Å². The van der Waals surface area contributed by atoms with E-state index in [1.807, 2.05) is 0 Å². The third-order valence-electron chi connectivity index (χ3n) is 2.68. The molecule has 1 atom stereocenters. The quantitative estimate of drug-likeness (QED) is 0.721. The lowest BCUT2D eigenvalue weighted by Gasteiger charge is -2.17. The van der Waals surface area contributed by atoms with E-state index in [0.717, 1.165) is 19.5 Å². The Kier molecular flexibility index (Phi) is 2.54. The van der Waals surface area contributed by atoms with Crippen LogP contribution in [-0.4, -0.2) is 29.7 Å². The maximum absolute atomic E-state index is 9.59. The monoisotopic (exact) mass is 193 g/mol. The Morgan fingerprint density at radius 1 is 1.64 bits per heavy atom. The molecule has 0 amide bonds. The second kappa shape index (κ2) is 3.84. The molecule has 0 radical (unpaired) electrons. The van der Waals surface area contributed by atoms with Gasteiger partial charge in [-0.05, 0) is 31.0 Å². The van der Waals surface area contributed by atoms with Gasteiger partial charge in [-0.15, -0.1) is 0 Å². The average molecular weight is 193 g/mol. The Hall–Kier alpha value is -1.29. The molecule has 14 heavy (non-hydrogen) atoms. The summed E-state index contributed by atoms with van der Waals surface area (Å²) in [6, 6.07) is 3.40. The van der Waals surface area contributed by atoms with E-state index in [1.54, 1.807) is 18.3 Å². The van der Waals surface area contributed by atoms with Crippen LogP contribution in [0.4, 0.5) is 5.82 Å². The normalized spacial score (nSPS) is 21.5. The van der Waals surface area contributed by atoms with Crippen molar-refractivity contribution in [2.45, 2.75) is 6.42 Å². The average Bonchev–Trinajstić information content (AvgIpc) is 2.67. The molecule has 1 saturated heterocycles. The van der Waals surface area contributed by atoms with E-state index in [4.69, 9.17) is 5.73 Å². The van der Waals surface area contributed by atoms with Crippen molar-refractivity contribution in [1.29, 1.82) is 0 Å². The van der Waals surface area contributed by atoms with Gasteiger partial charge in [0, 0.05) is 19.3 Å². The fourth-order valence-corrected chi connectivity index (χ4v) is 1.85. The van der Waals surface area contributed by atoms with Crippen molar-refractivity contribution in [2.24, 2.45) is 11.7 Å². The molecule has 4 heteroatoms. The van der Waals surface area contributed by atoms with Crippen LogP contribution in [0.5, 0.6) is 5.75 Å². The van der Waals surface area contributed by atoms with Crippen LogP contribution in [0.3, 0.4) is 0 Å². The number of hydrogen-bond donors (Lipinski definition) is 2.